The molecule has 2 heterocycles. The third kappa shape index (κ3) is 2.25. The Hall–Kier alpha value is -1.14. The molecule has 0 amide bonds. The molecule has 1 saturated heterocycles. The minimum atomic E-state index is -0.560. The topological polar surface area (TPSA) is 63.4 Å². The number of aliphatic hydroxyl groups is 1. The molecule has 0 aromatic heterocycles. The van der Waals surface area contributed by atoms with Gasteiger partial charge in [0.2, 0.25) is 6.23 Å². The molecule has 5 nitrogen and oxygen atoms in total. The van der Waals surface area contributed by atoms with Gasteiger partial charge in [-0.05, 0) is 32.4 Å². The second kappa shape index (κ2) is 4.95. The van der Waals surface area contributed by atoms with Crippen LogP contribution in [0.2, 0.25) is 0 Å². The average Bonchev–Trinajstić information content (AvgIpc) is 2.42. The highest BCUT2D eigenvalue weighted by Gasteiger charge is 2.53. The van der Waals surface area contributed by atoms with E-state index in [9.17, 15) is 10.2 Å². The molecule has 2 aliphatic rings. The molecule has 0 spiro atoms. The van der Waals surface area contributed by atoms with E-state index in [-0.39, 0.29) is 24.0 Å². The van der Waals surface area contributed by atoms with Crippen LogP contribution in [0.25, 0.3) is 0 Å². The van der Waals surface area contributed by atoms with Gasteiger partial charge in [0, 0.05) is 18.7 Å². The Bertz CT molecular complexity index is 545. The second-order valence-electron chi connectivity index (χ2n) is 6.67. The number of quaternary nitrogens is 1. The van der Waals surface area contributed by atoms with Crippen LogP contribution in [0.5, 0.6) is 5.75 Å². The largest absolute Gasteiger partial charge is 0.508 e. The molecule has 3 N–H and O–H groups in total. The zero-order valence-electron chi connectivity index (χ0n) is 13.0. The van der Waals surface area contributed by atoms with Crippen molar-refractivity contribution in [2.24, 2.45) is 5.92 Å². The minimum Gasteiger partial charge on any atom is -0.508 e. The first-order chi connectivity index (χ1) is 9.85. The Morgan fingerprint density at radius 3 is 2.76 bits per heavy atom. The average molecular weight is 294 g/mol. The number of rotatable bonds is 1. The fourth-order valence-corrected chi connectivity index (χ4v) is 3.68. The van der Waals surface area contributed by atoms with Crippen molar-refractivity contribution in [3.8, 4) is 5.75 Å². The molecular weight excluding hydrogens is 270 g/mol. The summed E-state index contributed by atoms with van der Waals surface area (Å²) >= 11 is 0. The van der Waals surface area contributed by atoms with Crippen molar-refractivity contribution in [3.05, 3.63) is 23.8 Å². The first kappa shape index (κ1) is 14.8. The molecular formula is C16H24NO4+. The Morgan fingerprint density at radius 1 is 1.38 bits per heavy atom. The monoisotopic (exact) mass is 294 g/mol. The maximum atomic E-state index is 10.3. The number of phenols is 1. The zero-order chi connectivity index (χ0) is 15.4. The van der Waals surface area contributed by atoms with E-state index in [4.69, 9.17) is 9.47 Å². The van der Waals surface area contributed by atoms with Gasteiger partial charge in [0.05, 0.1) is 30.8 Å². The number of phenolic OH excluding ortho intramolecular Hbond substituents is 1. The molecule has 5 unspecified atom stereocenters. The van der Waals surface area contributed by atoms with Crippen LogP contribution >= 0.6 is 0 Å². The first-order valence-corrected chi connectivity index (χ1v) is 7.40. The quantitative estimate of drug-likeness (QED) is 0.669. The number of hydrogen-bond acceptors (Lipinski definition) is 4. The molecule has 116 valence electrons. The summed E-state index contributed by atoms with van der Waals surface area (Å²) < 4.78 is 11.9. The fourth-order valence-electron chi connectivity index (χ4n) is 3.68. The van der Waals surface area contributed by atoms with Crippen LogP contribution < -0.4 is 4.90 Å². The first-order valence-electron chi connectivity index (χ1n) is 7.40. The number of hydrogen-bond donors (Lipinski definition) is 3. The second-order valence-corrected chi connectivity index (χ2v) is 6.67. The van der Waals surface area contributed by atoms with Crippen molar-refractivity contribution in [2.75, 3.05) is 14.2 Å². The normalized spacial score (nSPS) is 37.7. The molecule has 5 heteroatoms. The van der Waals surface area contributed by atoms with Crippen molar-refractivity contribution in [2.45, 2.75) is 44.3 Å². The lowest BCUT2D eigenvalue weighted by Gasteiger charge is -2.49. The Kier molecular flexibility index (Phi) is 3.48. The van der Waals surface area contributed by atoms with E-state index >= 15 is 0 Å². The lowest BCUT2D eigenvalue weighted by molar-refractivity contribution is -0.883. The van der Waals surface area contributed by atoms with Crippen molar-refractivity contribution in [1.29, 1.82) is 0 Å². The molecule has 1 fully saturated rings. The Labute approximate surface area is 125 Å². The van der Waals surface area contributed by atoms with E-state index in [2.05, 4.69) is 7.05 Å². The lowest BCUT2D eigenvalue weighted by Crippen LogP contribution is -3.11. The lowest BCUT2D eigenvalue weighted by atomic mass is 9.78. The van der Waals surface area contributed by atoms with Crippen molar-refractivity contribution >= 4 is 5.69 Å². The predicted octanol–water partition coefficient (Wildman–Crippen LogP) is 0.742. The van der Waals surface area contributed by atoms with Gasteiger partial charge in [-0.25, -0.2) is 0 Å². The summed E-state index contributed by atoms with van der Waals surface area (Å²) in [6.07, 6.45) is -0.136. The van der Waals surface area contributed by atoms with Gasteiger partial charge in [-0.1, -0.05) is 0 Å². The Morgan fingerprint density at radius 2 is 2.10 bits per heavy atom. The molecule has 1 aromatic carbocycles. The maximum Gasteiger partial charge on any atom is 0.202 e. The van der Waals surface area contributed by atoms with Crippen molar-refractivity contribution < 1.29 is 24.6 Å². The van der Waals surface area contributed by atoms with Crippen molar-refractivity contribution in [1.82, 2.24) is 0 Å². The van der Waals surface area contributed by atoms with Crippen LogP contribution in [0.1, 0.15) is 31.9 Å². The summed E-state index contributed by atoms with van der Waals surface area (Å²) in [5, 5.41) is 20.1. The van der Waals surface area contributed by atoms with Crippen LogP contribution in [0.15, 0.2) is 18.2 Å². The summed E-state index contributed by atoms with van der Waals surface area (Å²) in [4.78, 5) is 1.14. The van der Waals surface area contributed by atoms with Crippen LogP contribution in [-0.4, -0.2) is 42.3 Å². The number of methoxy groups -OCH3 is 1. The van der Waals surface area contributed by atoms with E-state index < -0.39 is 11.7 Å². The molecule has 0 saturated carbocycles. The molecule has 3 rings (SSSR count). The number of fused-ring (bicyclic) bond motifs is 2. The predicted molar refractivity (Wildman–Crippen MR) is 77.5 cm³/mol. The SMILES string of the molecule is COC1c2cc(O)ccc2[NH+](C)C2OC(C)(C)C(O)CC12. The molecule has 0 bridgehead atoms. The molecule has 0 radical (unpaired) electrons. The van der Waals surface area contributed by atoms with Crippen LogP contribution in [0.3, 0.4) is 0 Å². The van der Waals surface area contributed by atoms with Gasteiger partial charge in [0.25, 0.3) is 0 Å². The van der Waals surface area contributed by atoms with Crippen LogP contribution in [0, 0.1) is 5.92 Å². The van der Waals surface area contributed by atoms with E-state index in [0.29, 0.717) is 6.42 Å². The Balaban J connectivity index is 2.06. The summed E-state index contributed by atoms with van der Waals surface area (Å²) in [5.41, 5.74) is 1.50. The number of ether oxygens (including phenoxy) is 2. The number of aliphatic hydroxyl groups excluding tert-OH is 1. The van der Waals surface area contributed by atoms with Crippen molar-refractivity contribution in [3.63, 3.8) is 0 Å². The summed E-state index contributed by atoms with van der Waals surface area (Å²) in [6.45, 7) is 3.85. The minimum absolute atomic E-state index is 0.0623. The molecule has 5 atom stereocenters. The number of aromatic hydroxyl groups is 1. The summed E-state index contributed by atoms with van der Waals surface area (Å²) in [6, 6.07) is 5.37. The third-order valence-electron chi connectivity index (χ3n) is 4.95. The van der Waals surface area contributed by atoms with Gasteiger partial charge in [0.15, 0.2) is 0 Å². The van der Waals surface area contributed by atoms with Gasteiger partial charge >= 0.3 is 0 Å². The third-order valence-corrected chi connectivity index (χ3v) is 4.95. The number of benzene rings is 1. The van der Waals surface area contributed by atoms with Gasteiger partial charge in [0.1, 0.15) is 11.4 Å². The molecule has 21 heavy (non-hydrogen) atoms. The van der Waals surface area contributed by atoms with Gasteiger partial charge in [-0.15, -0.1) is 0 Å². The smallest absolute Gasteiger partial charge is 0.202 e. The zero-order valence-corrected chi connectivity index (χ0v) is 13.0. The fraction of sp³-hybridized carbons (Fsp3) is 0.625. The highest BCUT2D eigenvalue weighted by molar-refractivity contribution is 5.47. The van der Waals surface area contributed by atoms with E-state index in [1.54, 1.807) is 19.2 Å². The highest BCUT2D eigenvalue weighted by atomic mass is 16.5. The van der Waals surface area contributed by atoms with E-state index in [0.717, 1.165) is 16.2 Å². The van der Waals surface area contributed by atoms with Gasteiger partial charge in [-0.3, -0.25) is 4.90 Å². The standard InChI is InChI=1S/C16H23NO4/c1-16(2)13(19)8-11-14(20-4)10-7-9(18)5-6-12(10)17(3)15(11)21-16/h5-7,11,13-15,18-19H,8H2,1-4H3/p+1. The van der Waals surface area contributed by atoms with Crippen LogP contribution in [-0.2, 0) is 9.47 Å². The number of nitrogens with one attached hydrogen (secondary N) is 1. The van der Waals surface area contributed by atoms with E-state index in [1.165, 1.54) is 0 Å². The maximum absolute atomic E-state index is 10.3. The molecule has 1 aromatic rings. The molecule has 0 aliphatic carbocycles. The van der Waals surface area contributed by atoms with Crippen LogP contribution in [0.4, 0.5) is 5.69 Å². The summed E-state index contributed by atoms with van der Waals surface area (Å²) in [5.74, 6) is 0.298. The highest BCUT2D eigenvalue weighted by Crippen LogP contribution is 2.44. The molecule has 2 aliphatic heterocycles. The van der Waals surface area contributed by atoms with E-state index in [1.807, 2.05) is 19.9 Å². The van der Waals surface area contributed by atoms with Gasteiger partial charge in [-0.2, -0.15) is 0 Å². The van der Waals surface area contributed by atoms with Gasteiger partial charge < -0.3 is 19.7 Å². The summed E-state index contributed by atoms with van der Waals surface area (Å²) in [7, 11) is 3.73.